The molecule has 2 aliphatic heterocycles. The van der Waals surface area contributed by atoms with E-state index in [2.05, 4.69) is 28.9 Å². The minimum Gasteiger partial charge on any atom is -0.508 e. The Morgan fingerprint density at radius 2 is 1.89 bits per heavy atom. The zero-order valence-corrected chi connectivity index (χ0v) is 20.7. The summed E-state index contributed by atoms with van der Waals surface area (Å²) in [4.78, 5) is 11.1. The molecule has 0 saturated carbocycles. The van der Waals surface area contributed by atoms with Crippen LogP contribution >= 0.6 is 0 Å². The Balaban J connectivity index is 1.36. The van der Waals surface area contributed by atoms with E-state index in [9.17, 15) is 5.11 Å². The zero-order chi connectivity index (χ0) is 24.1. The number of nitrogens with one attached hydrogen (secondary N) is 1. The van der Waals surface area contributed by atoms with E-state index >= 15 is 0 Å². The fraction of sp³-hybridized carbons (Fsp3) is 0.414. The highest BCUT2D eigenvalue weighted by molar-refractivity contribution is 6.08. The number of phenols is 1. The minimum atomic E-state index is 0.290. The molecule has 4 aromatic rings. The van der Waals surface area contributed by atoms with Crippen LogP contribution < -0.4 is 9.47 Å². The third kappa shape index (κ3) is 3.71. The molecular formula is C29H33N3O3. The van der Waals surface area contributed by atoms with Crippen molar-refractivity contribution in [2.75, 3.05) is 27.3 Å². The van der Waals surface area contributed by atoms with Crippen molar-refractivity contribution < 1.29 is 14.6 Å². The predicted molar refractivity (Wildman–Crippen MR) is 138 cm³/mol. The molecule has 4 heterocycles. The number of rotatable bonds is 5. The molecule has 0 radical (unpaired) electrons. The summed E-state index contributed by atoms with van der Waals surface area (Å²) in [5.41, 5.74) is 6.03. The Labute approximate surface area is 205 Å². The molecule has 2 aliphatic rings. The van der Waals surface area contributed by atoms with E-state index in [1.807, 2.05) is 24.4 Å². The van der Waals surface area contributed by atoms with Gasteiger partial charge in [0.1, 0.15) is 5.75 Å². The monoisotopic (exact) mass is 471 g/mol. The topological polar surface area (TPSA) is 70.6 Å². The quantitative estimate of drug-likeness (QED) is 0.395. The first-order chi connectivity index (χ1) is 17.1. The van der Waals surface area contributed by atoms with Gasteiger partial charge in [-0.3, -0.25) is 9.88 Å². The van der Waals surface area contributed by atoms with Crippen molar-refractivity contribution in [2.45, 2.75) is 38.6 Å². The largest absolute Gasteiger partial charge is 0.508 e. The number of methoxy groups -OCH3 is 2. The van der Waals surface area contributed by atoms with Crippen LogP contribution in [0.4, 0.5) is 0 Å². The van der Waals surface area contributed by atoms with E-state index in [1.54, 1.807) is 20.3 Å². The molecule has 1 fully saturated rings. The number of piperidine rings is 1. The number of hydrogen-bond acceptors (Lipinski definition) is 5. The average molecular weight is 472 g/mol. The Bertz CT molecular complexity index is 1400. The van der Waals surface area contributed by atoms with Crippen molar-refractivity contribution in [3.63, 3.8) is 0 Å². The van der Waals surface area contributed by atoms with Crippen LogP contribution in [0.5, 0.6) is 17.2 Å². The van der Waals surface area contributed by atoms with E-state index in [4.69, 9.17) is 14.5 Å². The maximum absolute atomic E-state index is 10.0. The highest BCUT2D eigenvalue weighted by Crippen LogP contribution is 2.46. The summed E-state index contributed by atoms with van der Waals surface area (Å²) in [6.07, 6.45) is 6.19. The molecule has 2 aromatic carbocycles. The van der Waals surface area contributed by atoms with Crippen LogP contribution in [-0.2, 0) is 12.8 Å². The number of fused-ring (bicyclic) bond motifs is 6. The Hall–Kier alpha value is -3.25. The Morgan fingerprint density at radius 3 is 2.69 bits per heavy atom. The van der Waals surface area contributed by atoms with Gasteiger partial charge in [-0.05, 0) is 78.6 Å². The molecule has 6 rings (SSSR count). The predicted octanol–water partition coefficient (Wildman–Crippen LogP) is 5.63. The molecular weight excluding hydrogens is 438 g/mol. The van der Waals surface area contributed by atoms with Crippen LogP contribution in [0.1, 0.15) is 42.6 Å². The lowest BCUT2D eigenvalue weighted by Gasteiger charge is -2.47. The summed E-state index contributed by atoms with van der Waals surface area (Å²) in [5, 5.41) is 12.2. The fourth-order valence-corrected chi connectivity index (χ4v) is 6.49. The van der Waals surface area contributed by atoms with Crippen molar-refractivity contribution in [3.8, 4) is 17.2 Å². The summed E-state index contributed by atoms with van der Waals surface area (Å²) in [6, 6.07) is 12.3. The third-order valence-electron chi connectivity index (χ3n) is 8.34. The van der Waals surface area contributed by atoms with Gasteiger partial charge in [-0.15, -0.1) is 0 Å². The van der Waals surface area contributed by atoms with Crippen LogP contribution in [0.25, 0.3) is 21.8 Å². The Morgan fingerprint density at radius 1 is 1.06 bits per heavy atom. The second-order valence-corrected chi connectivity index (χ2v) is 10.1. The van der Waals surface area contributed by atoms with Crippen molar-refractivity contribution in [3.05, 3.63) is 59.4 Å². The lowest BCUT2D eigenvalue weighted by Crippen LogP contribution is -2.46. The van der Waals surface area contributed by atoms with Gasteiger partial charge in [0.25, 0.3) is 0 Å². The molecule has 0 bridgehead atoms. The van der Waals surface area contributed by atoms with Gasteiger partial charge in [-0.25, -0.2) is 0 Å². The number of pyridine rings is 1. The third-order valence-corrected chi connectivity index (χ3v) is 8.34. The number of hydrogen-bond donors (Lipinski definition) is 2. The van der Waals surface area contributed by atoms with Crippen LogP contribution in [0.2, 0.25) is 0 Å². The SMILES string of the molecule is CC[C@@H]1CN2CCc3cc(OC)c(OC)cc3[C@H]2C[C@@H]1Cc1nccc2c1[nH]c1ccc(O)cc12. The van der Waals surface area contributed by atoms with Gasteiger partial charge < -0.3 is 19.6 Å². The molecule has 6 heteroatoms. The van der Waals surface area contributed by atoms with E-state index in [0.29, 0.717) is 23.6 Å². The number of aromatic hydroxyl groups is 1. The molecule has 6 nitrogen and oxygen atoms in total. The molecule has 182 valence electrons. The molecule has 35 heavy (non-hydrogen) atoms. The molecule has 0 aliphatic carbocycles. The van der Waals surface area contributed by atoms with Crippen LogP contribution in [0.15, 0.2) is 42.6 Å². The first kappa shape index (κ1) is 22.2. The summed E-state index contributed by atoms with van der Waals surface area (Å²) >= 11 is 0. The van der Waals surface area contributed by atoms with E-state index in [-0.39, 0.29) is 0 Å². The standard InChI is InChI=1S/C29H33N3O3/c1-4-17-16-32-10-8-18-13-27(34-2)28(35-3)15-22(18)26(32)12-19(17)11-25-29-21(7-9-30-25)23-14-20(33)5-6-24(23)31-29/h5-7,9,13-15,17,19,26,31,33H,4,8,10-12,16H2,1-3H3/t17-,19+,26-/m1/s1. The van der Waals surface area contributed by atoms with Crippen molar-refractivity contribution in [1.82, 2.24) is 14.9 Å². The average Bonchev–Trinajstić information content (AvgIpc) is 3.26. The maximum atomic E-state index is 10.0. The smallest absolute Gasteiger partial charge is 0.161 e. The second-order valence-electron chi connectivity index (χ2n) is 10.1. The summed E-state index contributed by atoms with van der Waals surface area (Å²) in [7, 11) is 3.43. The van der Waals surface area contributed by atoms with Gasteiger partial charge in [0, 0.05) is 41.6 Å². The lowest BCUT2D eigenvalue weighted by atomic mass is 9.74. The molecule has 2 N–H and O–H groups in total. The lowest BCUT2D eigenvalue weighted by molar-refractivity contribution is 0.0517. The number of H-pyrrole nitrogens is 1. The number of phenolic OH excluding ortho intramolecular Hbond substituents is 1. The number of aromatic nitrogens is 2. The van der Waals surface area contributed by atoms with Crippen molar-refractivity contribution in [1.29, 1.82) is 0 Å². The van der Waals surface area contributed by atoms with Crippen LogP contribution in [-0.4, -0.2) is 47.3 Å². The van der Waals surface area contributed by atoms with Gasteiger partial charge in [0.05, 0.1) is 25.4 Å². The summed E-state index contributed by atoms with van der Waals surface area (Å²) < 4.78 is 11.2. The van der Waals surface area contributed by atoms with Gasteiger partial charge in [0.15, 0.2) is 11.5 Å². The van der Waals surface area contributed by atoms with E-state index in [0.717, 1.165) is 71.4 Å². The molecule has 0 spiro atoms. The second kappa shape index (κ2) is 8.76. The number of nitrogens with zero attached hydrogens (tertiary/aromatic N) is 2. The number of ether oxygens (including phenoxy) is 2. The van der Waals surface area contributed by atoms with Crippen molar-refractivity contribution in [2.24, 2.45) is 11.8 Å². The van der Waals surface area contributed by atoms with E-state index in [1.165, 1.54) is 17.5 Å². The summed E-state index contributed by atoms with van der Waals surface area (Å²) in [5.74, 6) is 3.10. The normalized spacial score (nSPS) is 22.2. The van der Waals surface area contributed by atoms with Crippen molar-refractivity contribution >= 4 is 21.8 Å². The molecule has 2 aromatic heterocycles. The van der Waals surface area contributed by atoms with Gasteiger partial charge in [-0.1, -0.05) is 13.3 Å². The fourth-order valence-electron chi connectivity index (χ4n) is 6.49. The minimum absolute atomic E-state index is 0.290. The highest BCUT2D eigenvalue weighted by Gasteiger charge is 2.39. The zero-order valence-electron chi connectivity index (χ0n) is 20.7. The van der Waals surface area contributed by atoms with Gasteiger partial charge in [-0.2, -0.15) is 0 Å². The number of aromatic amines is 1. The number of benzene rings is 2. The van der Waals surface area contributed by atoms with Gasteiger partial charge >= 0.3 is 0 Å². The summed E-state index contributed by atoms with van der Waals surface area (Å²) in [6.45, 7) is 4.54. The van der Waals surface area contributed by atoms with Crippen LogP contribution in [0, 0.1) is 11.8 Å². The first-order valence-electron chi connectivity index (χ1n) is 12.7. The first-order valence-corrected chi connectivity index (χ1v) is 12.7. The molecule has 0 unspecified atom stereocenters. The Kier molecular flexibility index (Phi) is 5.56. The van der Waals surface area contributed by atoms with Gasteiger partial charge in [0.2, 0.25) is 0 Å². The van der Waals surface area contributed by atoms with E-state index < -0.39 is 0 Å². The highest BCUT2D eigenvalue weighted by atomic mass is 16.5. The molecule has 1 saturated heterocycles. The maximum Gasteiger partial charge on any atom is 0.161 e. The van der Waals surface area contributed by atoms with Crippen LogP contribution in [0.3, 0.4) is 0 Å². The molecule has 0 amide bonds. The molecule has 3 atom stereocenters.